The van der Waals surface area contributed by atoms with Gasteiger partial charge in [0.25, 0.3) is 0 Å². The summed E-state index contributed by atoms with van der Waals surface area (Å²) in [6, 6.07) is -0.738. The molecule has 4 heteroatoms. The molecule has 0 bridgehead atoms. The van der Waals surface area contributed by atoms with E-state index in [1.54, 1.807) is 6.92 Å². The molecule has 0 aromatic carbocycles. The number of rotatable bonds is 2. The van der Waals surface area contributed by atoms with Crippen molar-refractivity contribution in [1.29, 1.82) is 0 Å². The minimum Gasteiger partial charge on any atom is -0.483 e. The van der Waals surface area contributed by atoms with Crippen molar-refractivity contribution >= 4 is 12.4 Å². The second-order valence-electron chi connectivity index (χ2n) is 1.03. The zero-order valence-corrected chi connectivity index (χ0v) is 4.63. The molecule has 0 aromatic rings. The van der Waals surface area contributed by atoms with Crippen molar-refractivity contribution in [3.05, 3.63) is 0 Å². The van der Waals surface area contributed by atoms with Gasteiger partial charge in [0.1, 0.15) is 0 Å². The van der Waals surface area contributed by atoms with Crippen LogP contribution in [0.1, 0.15) is 6.92 Å². The van der Waals surface area contributed by atoms with Crippen molar-refractivity contribution in [2.24, 2.45) is 10.7 Å². The molecule has 8 heavy (non-hydrogen) atoms. The molecule has 0 radical (unpaired) electrons. The first kappa shape index (κ1) is 6.94. The summed E-state index contributed by atoms with van der Waals surface area (Å²) < 4.78 is 4.55. The molecule has 0 saturated heterocycles. The lowest BCUT2D eigenvalue weighted by Crippen LogP contribution is -2.04. The van der Waals surface area contributed by atoms with Gasteiger partial charge in [0.2, 0.25) is 0 Å². The molecule has 0 rings (SSSR count). The number of nitrogens with zero attached hydrogens (tertiary/aromatic N) is 1. The first-order valence-corrected chi connectivity index (χ1v) is 2.21. The topological polar surface area (TPSA) is 64.7 Å². The maximum Gasteiger partial charge on any atom is 0.341 e. The number of hydrogen-bond acceptors (Lipinski definition) is 2. The standard InChI is InChI=1S/C4H8N2O2/c1-2-8-3-6-4(5)7/h3H,2H2,1H3,(H2,5,7)/b6-3+. The van der Waals surface area contributed by atoms with E-state index in [0.717, 1.165) is 6.40 Å². The van der Waals surface area contributed by atoms with E-state index in [9.17, 15) is 4.79 Å². The van der Waals surface area contributed by atoms with Gasteiger partial charge in [-0.05, 0) is 6.92 Å². The summed E-state index contributed by atoms with van der Waals surface area (Å²) in [5.74, 6) is 0. The van der Waals surface area contributed by atoms with E-state index < -0.39 is 6.03 Å². The van der Waals surface area contributed by atoms with Crippen LogP contribution in [0.2, 0.25) is 0 Å². The Morgan fingerprint density at radius 3 is 3.00 bits per heavy atom. The summed E-state index contributed by atoms with van der Waals surface area (Å²) in [6.07, 6.45) is 1.03. The third-order valence-corrected chi connectivity index (χ3v) is 0.421. The van der Waals surface area contributed by atoms with Gasteiger partial charge in [-0.1, -0.05) is 0 Å². The third-order valence-electron chi connectivity index (χ3n) is 0.421. The number of amides is 2. The van der Waals surface area contributed by atoms with Gasteiger partial charge in [0, 0.05) is 0 Å². The molecule has 4 nitrogen and oxygen atoms in total. The van der Waals surface area contributed by atoms with Crippen LogP contribution in [0.25, 0.3) is 0 Å². The van der Waals surface area contributed by atoms with Gasteiger partial charge in [0.05, 0.1) is 6.61 Å². The molecule has 0 saturated carbocycles. The van der Waals surface area contributed by atoms with E-state index in [-0.39, 0.29) is 0 Å². The van der Waals surface area contributed by atoms with E-state index in [4.69, 9.17) is 0 Å². The third kappa shape index (κ3) is 4.94. The largest absolute Gasteiger partial charge is 0.483 e. The Balaban J connectivity index is 3.20. The zero-order chi connectivity index (χ0) is 6.41. The number of nitrogens with two attached hydrogens (primary N) is 1. The van der Waals surface area contributed by atoms with E-state index >= 15 is 0 Å². The highest BCUT2D eigenvalue weighted by atomic mass is 16.5. The molecular weight excluding hydrogens is 108 g/mol. The lowest BCUT2D eigenvalue weighted by molar-refractivity contribution is 0.255. The molecule has 0 aromatic heterocycles. The lowest BCUT2D eigenvalue weighted by atomic mass is 10.9. The van der Waals surface area contributed by atoms with Crippen LogP contribution in [0.5, 0.6) is 0 Å². The molecule has 0 aliphatic carbocycles. The van der Waals surface area contributed by atoms with Gasteiger partial charge < -0.3 is 10.5 Å². The Morgan fingerprint density at radius 1 is 2.00 bits per heavy atom. The highest BCUT2D eigenvalue weighted by Gasteiger charge is 1.78. The molecule has 0 aliphatic rings. The zero-order valence-electron chi connectivity index (χ0n) is 4.63. The van der Waals surface area contributed by atoms with Crippen LogP contribution in [0, 0.1) is 0 Å². The SMILES string of the molecule is CCO/C=N/C(N)=O. The average Bonchev–Trinajstić information content (AvgIpc) is 1.66. The van der Waals surface area contributed by atoms with Crippen molar-refractivity contribution in [3.63, 3.8) is 0 Å². The number of carbonyl (C=O) groups excluding carboxylic acids is 1. The van der Waals surface area contributed by atoms with Crippen LogP contribution in [0.4, 0.5) is 4.79 Å². The molecule has 0 atom stereocenters. The number of hydrogen-bond donors (Lipinski definition) is 1. The van der Waals surface area contributed by atoms with Crippen molar-refractivity contribution < 1.29 is 9.53 Å². The fourth-order valence-electron chi connectivity index (χ4n) is 0.164. The van der Waals surface area contributed by atoms with Crippen LogP contribution in [0.3, 0.4) is 0 Å². The van der Waals surface area contributed by atoms with Crippen molar-refractivity contribution in [1.82, 2.24) is 0 Å². The lowest BCUT2D eigenvalue weighted by Gasteiger charge is -1.87. The Kier molecular flexibility index (Phi) is 3.56. The first-order chi connectivity index (χ1) is 3.77. The summed E-state index contributed by atoms with van der Waals surface area (Å²) in [6.45, 7) is 2.28. The number of ether oxygens (including phenoxy) is 1. The molecule has 0 unspecified atom stereocenters. The summed E-state index contributed by atoms with van der Waals surface area (Å²) in [5.41, 5.74) is 4.62. The van der Waals surface area contributed by atoms with Gasteiger partial charge in [-0.2, -0.15) is 4.99 Å². The summed E-state index contributed by atoms with van der Waals surface area (Å²) in [7, 11) is 0. The highest BCUT2D eigenvalue weighted by molar-refractivity contribution is 5.79. The number of urea groups is 1. The van der Waals surface area contributed by atoms with Crippen LogP contribution in [-0.4, -0.2) is 19.0 Å². The quantitative estimate of drug-likeness (QED) is 0.411. The van der Waals surface area contributed by atoms with E-state index in [1.165, 1.54) is 0 Å². The van der Waals surface area contributed by atoms with E-state index in [1.807, 2.05) is 0 Å². The minimum absolute atomic E-state index is 0.497. The maximum absolute atomic E-state index is 9.82. The van der Waals surface area contributed by atoms with Crippen LogP contribution in [0.15, 0.2) is 4.99 Å². The Bertz CT molecular complexity index is 100. The summed E-state index contributed by atoms with van der Waals surface area (Å²) >= 11 is 0. The molecule has 0 spiro atoms. The number of carbonyl (C=O) groups is 1. The average molecular weight is 116 g/mol. The van der Waals surface area contributed by atoms with Crippen molar-refractivity contribution in [3.8, 4) is 0 Å². The molecule has 2 N–H and O–H groups in total. The maximum atomic E-state index is 9.82. The fourth-order valence-corrected chi connectivity index (χ4v) is 0.164. The summed E-state index contributed by atoms with van der Waals surface area (Å²) in [4.78, 5) is 12.9. The van der Waals surface area contributed by atoms with Crippen molar-refractivity contribution in [2.75, 3.05) is 6.61 Å². The van der Waals surface area contributed by atoms with Crippen molar-refractivity contribution in [2.45, 2.75) is 6.92 Å². The smallest absolute Gasteiger partial charge is 0.341 e. The second-order valence-corrected chi connectivity index (χ2v) is 1.03. The minimum atomic E-state index is -0.738. The molecule has 0 heterocycles. The van der Waals surface area contributed by atoms with Crippen LogP contribution >= 0.6 is 0 Å². The summed E-state index contributed by atoms with van der Waals surface area (Å²) in [5, 5.41) is 0. The highest BCUT2D eigenvalue weighted by Crippen LogP contribution is 1.67. The predicted octanol–water partition coefficient (Wildman–Crippen LogP) is 0.130. The van der Waals surface area contributed by atoms with Gasteiger partial charge in [-0.15, -0.1) is 0 Å². The molecule has 2 amide bonds. The molecule has 46 valence electrons. The molecule has 0 fully saturated rings. The Hall–Kier alpha value is -1.06. The Morgan fingerprint density at radius 2 is 2.62 bits per heavy atom. The predicted molar refractivity (Wildman–Crippen MR) is 29.7 cm³/mol. The number of primary amides is 1. The monoisotopic (exact) mass is 116 g/mol. The van der Waals surface area contributed by atoms with Gasteiger partial charge in [-0.3, -0.25) is 0 Å². The second kappa shape index (κ2) is 4.11. The van der Waals surface area contributed by atoms with Gasteiger partial charge >= 0.3 is 6.03 Å². The normalized spacial score (nSPS) is 9.62. The van der Waals surface area contributed by atoms with E-state index in [2.05, 4.69) is 15.5 Å². The molecular formula is C4H8N2O2. The Labute approximate surface area is 47.3 Å². The first-order valence-electron chi connectivity index (χ1n) is 2.21. The van der Waals surface area contributed by atoms with Gasteiger partial charge in [-0.25, -0.2) is 4.79 Å². The van der Waals surface area contributed by atoms with E-state index in [0.29, 0.717) is 6.61 Å². The van der Waals surface area contributed by atoms with Crippen LogP contribution in [-0.2, 0) is 4.74 Å². The number of aliphatic imine (C=N–C) groups is 1. The molecule has 0 aliphatic heterocycles. The fraction of sp³-hybridized carbons (Fsp3) is 0.500. The van der Waals surface area contributed by atoms with Crippen LogP contribution < -0.4 is 5.73 Å². The van der Waals surface area contributed by atoms with Gasteiger partial charge in [0.15, 0.2) is 6.40 Å².